The highest BCUT2D eigenvalue weighted by atomic mass is 35.5. The number of sulfonamides is 1. The number of rotatable bonds is 5. The molecule has 1 aliphatic rings. The highest BCUT2D eigenvalue weighted by molar-refractivity contribution is 7.89. The predicted molar refractivity (Wildman–Crippen MR) is 128 cm³/mol. The first-order chi connectivity index (χ1) is 16.2. The van der Waals surface area contributed by atoms with Crippen molar-refractivity contribution in [2.45, 2.75) is 18.2 Å². The number of anilines is 1. The Morgan fingerprint density at radius 3 is 2.41 bits per heavy atom. The third-order valence-corrected chi connectivity index (χ3v) is 8.02. The highest BCUT2D eigenvalue weighted by Crippen LogP contribution is 2.30. The van der Waals surface area contributed by atoms with Gasteiger partial charge >= 0.3 is 5.97 Å². The van der Waals surface area contributed by atoms with Gasteiger partial charge in [0.05, 0.1) is 27.7 Å². The molecule has 12 heteroatoms. The van der Waals surface area contributed by atoms with Crippen molar-refractivity contribution < 1.29 is 22.3 Å². The molecule has 8 nitrogen and oxygen atoms in total. The fourth-order valence-corrected chi connectivity index (χ4v) is 5.59. The number of nitrogens with zero attached hydrogens (tertiary/aromatic N) is 4. The summed E-state index contributed by atoms with van der Waals surface area (Å²) in [4.78, 5) is 23.1. The average molecular weight is 527 g/mol. The van der Waals surface area contributed by atoms with Gasteiger partial charge in [-0.2, -0.15) is 4.31 Å². The van der Waals surface area contributed by atoms with Crippen LogP contribution in [0.3, 0.4) is 0 Å². The minimum atomic E-state index is -4.03. The molecule has 3 aromatic rings. The molecule has 0 N–H and O–H groups in total. The van der Waals surface area contributed by atoms with Gasteiger partial charge in [-0.15, -0.1) is 0 Å². The molecule has 34 heavy (non-hydrogen) atoms. The van der Waals surface area contributed by atoms with Crippen LogP contribution in [0.1, 0.15) is 23.8 Å². The number of fused-ring (bicyclic) bond motifs is 1. The SMILES string of the molecule is CCOC(=O)c1nc2cc(Cl)c(Cl)cc2nc1N1CCCN(S(=O)(=O)c2ccccc2F)CC1. The van der Waals surface area contributed by atoms with Gasteiger partial charge in [-0.25, -0.2) is 27.6 Å². The highest BCUT2D eigenvalue weighted by Gasteiger charge is 2.31. The predicted octanol–water partition coefficient (Wildman–Crippen LogP) is 4.15. The van der Waals surface area contributed by atoms with E-state index in [1.54, 1.807) is 17.9 Å². The van der Waals surface area contributed by atoms with E-state index in [4.69, 9.17) is 27.9 Å². The summed E-state index contributed by atoms with van der Waals surface area (Å²) in [7, 11) is -4.03. The lowest BCUT2D eigenvalue weighted by molar-refractivity contribution is 0.0520. The Morgan fingerprint density at radius 1 is 1.06 bits per heavy atom. The monoisotopic (exact) mass is 526 g/mol. The summed E-state index contributed by atoms with van der Waals surface area (Å²) in [6, 6.07) is 8.35. The molecule has 0 radical (unpaired) electrons. The number of hydrogen-bond donors (Lipinski definition) is 0. The summed E-state index contributed by atoms with van der Waals surface area (Å²) < 4.78 is 46.7. The Bertz CT molecular complexity index is 1360. The summed E-state index contributed by atoms with van der Waals surface area (Å²) in [5, 5.41) is 0.561. The second kappa shape index (κ2) is 9.99. The number of benzene rings is 2. The first-order valence-electron chi connectivity index (χ1n) is 10.6. The maximum atomic E-state index is 14.2. The van der Waals surface area contributed by atoms with Crippen molar-refractivity contribution in [2.75, 3.05) is 37.7 Å². The van der Waals surface area contributed by atoms with Crippen molar-refractivity contribution in [1.29, 1.82) is 0 Å². The van der Waals surface area contributed by atoms with E-state index in [0.717, 1.165) is 6.07 Å². The summed E-state index contributed by atoms with van der Waals surface area (Å²) in [5.41, 5.74) is 0.801. The molecule has 1 saturated heterocycles. The molecule has 0 unspecified atom stereocenters. The lowest BCUT2D eigenvalue weighted by atomic mass is 10.2. The zero-order chi connectivity index (χ0) is 24.5. The van der Waals surface area contributed by atoms with Crippen LogP contribution in [0.5, 0.6) is 0 Å². The zero-order valence-corrected chi connectivity index (χ0v) is 20.5. The molecule has 0 amide bonds. The number of ether oxygens (including phenoxy) is 1. The lowest BCUT2D eigenvalue weighted by Crippen LogP contribution is -2.36. The summed E-state index contributed by atoms with van der Waals surface area (Å²) in [6.07, 6.45) is 0.428. The molecule has 2 heterocycles. The zero-order valence-electron chi connectivity index (χ0n) is 18.2. The molecular weight excluding hydrogens is 506 g/mol. The van der Waals surface area contributed by atoms with Crippen molar-refractivity contribution in [2.24, 2.45) is 0 Å². The second-order valence-corrected chi connectivity index (χ2v) is 10.3. The number of halogens is 3. The molecule has 0 spiro atoms. The molecule has 2 aromatic carbocycles. The van der Waals surface area contributed by atoms with E-state index in [-0.39, 0.29) is 52.7 Å². The number of esters is 1. The van der Waals surface area contributed by atoms with Gasteiger partial charge in [0.1, 0.15) is 10.7 Å². The number of carbonyl (C=O) groups is 1. The maximum absolute atomic E-state index is 14.2. The number of carbonyl (C=O) groups excluding carboxylic acids is 1. The van der Waals surface area contributed by atoms with E-state index in [1.807, 2.05) is 0 Å². The second-order valence-electron chi connectivity index (χ2n) is 7.55. The van der Waals surface area contributed by atoms with Crippen molar-refractivity contribution in [1.82, 2.24) is 14.3 Å². The van der Waals surface area contributed by atoms with Gasteiger partial charge in [0.15, 0.2) is 11.5 Å². The van der Waals surface area contributed by atoms with Crippen molar-refractivity contribution in [3.63, 3.8) is 0 Å². The third kappa shape index (κ3) is 4.81. The molecule has 0 atom stereocenters. The first-order valence-corrected chi connectivity index (χ1v) is 12.8. The standard InChI is InChI=1S/C22H21Cl2FN4O4S/c1-2-33-22(30)20-21(27-18-13-15(24)14(23)12-17(18)26-20)28-8-5-9-29(11-10-28)34(31,32)19-7-4-3-6-16(19)25/h3-4,6-7,12-13H,2,5,8-11H2,1H3. The van der Waals surface area contributed by atoms with Gasteiger partial charge in [0, 0.05) is 26.2 Å². The molecule has 0 aliphatic carbocycles. The quantitative estimate of drug-likeness (QED) is 0.461. The normalized spacial score (nSPS) is 15.4. The van der Waals surface area contributed by atoms with Crippen LogP contribution in [0, 0.1) is 5.82 Å². The van der Waals surface area contributed by atoms with Crippen LogP contribution in [-0.2, 0) is 14.8 Å². The Balaban J connectivity index is 1.69. The fourth-order valence-electron chi connectivity index (χ4n) is 3.74. The molecule has 0 saturated carbocycles. The molecule has 180 valence electrons. The molecule has 0 bridgehead atoms. The van der Waals surface area contributed by atoms with Crippen LogP contribution in [0.25, 0.3) is 11.0 Å². The van der Waals surface area contributed by atoms with E-state index in [1.165, 1.54) is 28.6 Å². The van der Waals surface area contributed by atoms with Gasteiger partial charge in [-0.3, -0.25) is 0 Å². The largest absolute Gasteiger partial charge is 0.461 e. The van der Waals surface area contributed by atoms with Gasteiger partial charge in [-0.05, 0) is 37.6 Å². The van der Waals surface area contributed by atoms with Gasteiger partial charge in [0.25, 0.3) is 0 Å². The summed E-state index contributed by atoms with van der Waals surface area (Å²) >= 11 is 12.2. The molecule has 1 aliphatic heterocycles. The minimum Gasteiger partial charge on any atom is -0.461 e. The average Bonchev–Trinajstić information content (AvgIpc) is 3.06. The van der Waals surface area contributed by atoms with Crippen LogP contribution in [0.4, 0.5) is 10.2 Å². The van der Waals surface area contributed by atoms with E-state index in [9.17, 15) is 17.6 Å². The van der Waals surface area contributed by atoms with Crippen molar-refractivity contribution in [3.05, 3.63) is 58.0 Å². The molecule has 1 fully saturated rings. The molecule has 1 aromatic heterocycles. The Hall–Kier alpha value is -2.53. The van der Waals surface area contributed by atoms with Crippen molar-refractivity contribution >= 4 is 56.0 Å². The lowest BCUT2D eigenvalue weighted by Gasteiger charge is -2.24. The van der Waals surface area contributed by atoms with Crippen LogP contribution in [0.2, 0.25) is 10.0 Å². The Labute approximate surface area is 206 Å². The molecular formula is C22H21Cl2FN4O4S. The Kier molecular flexibility index (Phi) is 7.22. The van der Waals surface area contributed by atoms with E-state index in [2.05, 4.69) is 9.97 Å². The van der Waals surface area contributed by atoms with Crippen LogP contribution in [-0.4, -0.2) is 61.4 Å². The van der Waals surface area contributed by atoms with Crippen LogP contribution < -0.4 is 4.90 Å². The van der Waals surface area contributed by atoms with Crippen LogP contribution in [0.15, 0.2) is 41.3 Å². The van der Waals surface area contributed by atoms with Crippen molar-refractivity contribution in [3.8, 4) is 0 Å². The first kappa shape index (κ1) is 24.6. The van der Waals surface area contributed by atoms with E-state index >= 15 is 0 Å². The summed E-state index contributed by atoms with van der Waals surface area (Å²) in [6.45, 7) is 2.69. The van der Waals surface area contributed by atoms with Gasteiger partial charge in [-0.1, -0.05) is 35.3 Å². The third-order valence-electron chi connectivity index (χ3n) is 5.37. The smallest absolute Gasteiger partial charge is 0.360 e. The summed E-state index contributed by atoms with van der Waals surface area (Å²) in [5.74, 6) is -1.20. The fraction of sp³-hybridized carbons (Fsp3) is 0.318. The van der Waals surface area contributed by atoms with Gasteiger partial charge in [0.2, 0.25) is 10.0 Å². The number of aromatic nitrogens is 2. The van der Waals surface area contributed by atoms with E-state index in [0.29, 0.717) is 24.0 Å². The van der Waals surface area contributed by atoms with Gasteiger partial charge < -0.3 is 9.64 Å². The minimum absolute atomic E-state index is 0.00171. The topological polar surface area (TPSA) is 92.7 Å². The Morgan fingerprint density at radius 2 is 1.74 bits per heavy atom. The molecule has 4 rings (SSSR count). The van der Waals surface area contributed by atoms with Crippen LogP contribution >= 0.6 is 23.2 Å². The maximum Gasteiger partial charge on any atom is 0.360 e. The number of hydrogen-bond acceptors (Lipinski definition) is 7. The van der Waals surface area contributed by atoms with E-state index < -0.39 is 21.8 Å².